The zero-order chi connectivity index (χ0) is 24.2. The highest BCUT2D eigenvalue weighted by atomic mass is 16.3. The van der Waals surface area contributed by atoms with Gasteiger partial charge < -0.3 is 10.0 Å². The van der Waals surface area contributed by atoms with Crippen molar-refractivity contribution in [1.29, 1.82) is 0 Å². The van der Waals surface area contributed by atoms with Gasteiger partial charge in [-0.25, -0.2) is 0 Å². The van der Waals surface area contributed by atoms with Crippen molar-refractivity contribution in [2.24, 2.45) is 0 Å². The maximum absolute atomic E-state index is 13.0. The van der Waals surface area contributed by atoms with Crippen molar-refractivity contribution in [2.75, 3.05) is 4.90 Å². The molecule has 0 saturated carbocycles. The van der Waals surface area contributed by atoms with Crippen LogP contribution in [0.25, 0.3) is 0 Å². The molecule has 3 rings (SSSR count). The molecule has 0 aliphatic carbocycles. The lowest BCUT2D eigenvalue weighted by atomic mass is 10.1. The lowest BCUT2D eigenvalue weighted by Gasteiger charge is -2.23. The van der Waals surface area contributed by atoms with Crippen LogP contribution in [0.15, 0.2) is 72.8 Å². The van der Waals surface area contributed by atoms with Gasteiger partial charge in [0.2, 0.25) is 5.91 Å². The molecule has 0 spiro atoms. The van der Waals surface area contributed by atoms with E-state index in [1.165, 1.54) is 18.4 Å². The first-order chi connectivity index (χ1) is 16.6. The Bertz CT molecular complexity index is 1090. The van der Waals surface area contributed by atoms with E-state index in [4.69, 9.17) is 0 Å². The summed E-state index contributed by atoms with van der Waals surface area (Å²) in [5, 5.41) is 9.64. The van der Waals surface area contributed by atoms with Crippen molar-refractivity contribution in [3.8, 4) is 17.6 Å². The molecule has 0 aromatic heterocycles. The number of unbranched alkanes of at least 4 members (excludes halogenated alkanes) is 3. The normalized spacial score (nSPS) is 10.4. The molecule has 3 heteroatoms. The van der Waals surface area contributed by atoms with Crippen molar-refractivity contribution < 1.29 is 9.90 Å². The minimum atomic E-state index is 0.102. The lowest BCUT2D eigenvalue weighted by molar-refractivity contribution is -0.118. The predicted molar refractivity (Wildman–Crippen MR) is 141 cm³/mol. The van der Waals surface area contributed by atoms with Crippen LogP contribution in [-0.2, 0) is 17.8 Å². The molecule has 1 N–H and O–H groups in total. The Kier molecular flexibility index (Phi) is 9.80. The van der Waals surface area contributed by atoms with Crippen LogP contribution in [0.4, 0.5) is 5.69 Å². The smallest absolute Gasteiger partial charge is 0.227 e. The van der Waals surface area contributed by atoms with Crippen molar-refractivity contribution in [3.63, 3.8) is 0 Å². The van der Waals surface area contributed by atoms with E-state index in [-0.39, 0.29) is 11.7 Å². The van der Waals surface area contributed by atoms with Gasteiger partial charge in [-0.05, 0) is 78.9 Å². The average Bonchev–Trinajstić information content (AvgIpc) is 2.87. The van der Waals surface area contributed by atoms with Crippen molar-refractivity contribution >= 4 is 11.6 Å². The number of benzene rings is 3. The van der Waals surface area contributed by atoms with Gasteiger partial charge in [-0.3, -0.25) is 4.79 Å². The molecule has 0 unspecified atom stereocenters. The summed E-state index contributed by atoms with van der Waals surface area (Å²) in [7, 11) is 0. The molecule has 0 bridgehead atoms. The first kappa shape index (κ1) is 25.1. The molecule has 3 aromatic rings. The highest BCUT2D eigenvalue weighted by molar-refractivity contribution is 5.93. The van der Waals surface area contributed by atoms with Crippen LogP contribution in [0.2, 0.25) is 0 Å². The summed E-state index contributed by atoms with van der Waals surface area (Å²) in [6.45, 7) is 4.83. The van der Waals surface area contributed by atoms with Crippen LogP contribution in [0.5, 0.6) is 5.75 Å². The van der Waals surface area contributed by atoms with Crippen LogP contribution in [0.1, 0.15) is 74.6 Å². The molecule has 34 heavy (non-hydrogen) atoms. The Hall–Kier alpha value is -3.51. The highest BCUT2D eigenvalue weighted by Crippen LogP contribution is 2.22. The summed E-state index contributed by atoms with van der Waals surface area (Å²) in [5.41, 5.74) is 5.16. The Morgan fingerprint density at radius 1 is 0.735 bits per heavy atom. The van der Waals surface area contributed by atoms with Gasteiger partial charge in [-0.1, -0.05) is 69.2 Å². The van der Waals surface area contributed by atoms with E-state index in [0.29, 0.717) is 13.0 Å². The average molecular weight is 454 g/mol. The fourth-order valence-corrected chi connectivity index (χ4v) is 3.77. The van der Waals surface area contributed by atoms with Crippen LogP contribution in [0, 0.1) is 11.8 Å². The molecule has 1 amide bonds. The van der Waals surface area contributed by atoms with E-state index in [2.05, 4.69) is 50.0 Å². The standard InChI is InChI=1S/C31H35NO2/c1-3-5-7-9-31(34)32(29-20-22-30(33)23-21-29)24-28-18-16-27(17-19-28)15-14-26-12-10-25(11-13-26)8-6-4-2/h10-13,16-23,33H,3-9,24H2,1-2H3. The maximum atomic E-state index is 13.0. The van der Waals surface area contributed by atoms with Crippen LogP contribution < -0.4 is 4.90 Å². The SMILES string of the molecule is CCCCCC(=O)N(Cc1ccc(C#Cc2ccc(CCCC)cc2)cc1)c1ccc(O)cc1. The number of hydrogen-bond acceptors (Lipinski definition) is 2. The largest absolute Gasteiger partial charge is 0.508 e. The van der Waals surface area contributed by atoms with E-state index >= 15 is 0 Å². The lowest BCUT2D eigenvalue weighted by Crippen LogP contribution is -2.30. The predicted octanol–water partition coefficient (Wildman–Crippen LogP) is 7.25. The highest BCUT2D eigenvalue weighted by Gasteiger charge is 2.16. The Balaban J connectivity index is 1.68. The monoisotopic (exact) mass is 453 g/mol. The molecule has 0 atom stereocenters. The third-order valence-corrected chi connectivity index (χ3v) is 5.88. The molecule has 0 radical (unpaired) electrons. The van der Waals surface area contributed by atoms with Crippen LogP contribution in [0.3, 0.4) is 0 Å². The minimum Gasteiger partial charge on any atom is -0.508 e. The Labute approximate surface area is 204 Å². The number of aryl methyl sites for hydroxylation is 1. The summed E-state index contributed by atoms with van der Waals surface area (Å²) in [6, 6.07) is 23.4. The molecular formula is C31H35NO2. The van der Waals surface area contributed by atoms with E-state index in [1.54, 1.807) is 29.2 Å². The molecule has 3 nitrogen and oxygen atoms in total. The number of anilines is 1. The fraction of sp³-hybridized carbons (Fsp3) is 0.323. The van der Waals surface area contributed by atoms with Crippen molar-refractivity contribution in [3.05, 3.63) is 95.1 Å². The van der Waals surface area contributed by atoms with Gasteiger partial charge in [0.15, 0.2) is 0 Å². The summed E-state index contributed by atoms with van der Waals surface area (Å²) < 4.78 is 0. The van der Waals surface area contributed by atoms with Gasteiger partial charge in [0.05, 0.1) is 6.54 Å². The quantitative estimate of drug-likeness (QED) is 0.259. The Morgan fingerprint density at radius 2 is 1.29 bits per heavy atom. The van der Waals surface area contributed by atoms with Crippen LogP contribution in [-0.4, -0.2) is 11.0 Å². The van der Waals surface area contributed by atoms with E-state index in [9.17, 15) is 9.90 Å². The number of rotatable bonds is 10. The zero-order valence-corrected chi connectivity index (χ0v) is 20.4. The first-order valence-electron chi connectivity index (χ1n) is 12.4. The van der Waals surface area contributed by atoms with E-state index in [1.807, 2.05) is 24.3 Å². The van der Waals surface area contributed by atoms with Gasteiger partial charge in [0.1, 0.15) is 5.75 Å². The van der Waals surface area contributed by atoms with Gasteiger partial charge in [0, 0.05) is 23.2 Å². The van der Waals surface area contributed by atoms with E-state index in [0.717, 1.165) is 48.1 Å². The van der Waals surface area contributed by atoms with Gasteiger partial charge >= 0.3 is 0 Å². The molecule has 0 aliphatic rings. The fourth-order valence-electron chi connectivity index (χ4n) is 3.77. The number of phenolic OH excluding ortho intramolecular Hbond substituents is 1. The molecule has 0 heterocycles. The van der Waals surface area contributed by atoms with E-state index < -0.39 is 0 Å². The summed E-state index contributed by atoms with van der Waals surface area (Å²) in [6.07, 6.45) is 7.08. The van der Waals surface area contributed by atoms with Crippen LogP contribution >= 0.6 is 0 Å². The number of hydrogen-bond donors (Lipinski definition) is 1. The second kappa shape index (κ2) is 13.3. The summed E-state index contributed by atoms with van der Waals surface area (Å²) in [4.78, 5) is 14.8. The van der Waals surface area contributed by atoms with Gasteiger partial charge in [-0.2, -0.15) is 0 Å². The Morgan fingerprint density at radius 3 is 1.85 bits per heavy atom. The van der Waals surface area contributed by atoms with Gasteiger partial charge in [-0.15, -0.1) is 0 Å². The third kappa shape index (κ3) is 7.81. The first-order valence-corrected chi connectivity index (χ1v) is 12.4. The molecule has 0 aliphatic heterocycles. The molecule has 0 fully saturated rings. The number of amides is 1. The number of nitrogens with zero attached hydrogens (tertiary/aromatic N) is 1. The summed E-state index contributed by atoms with van der Waals surface area (Å²) in [5.74, 6) is 6.78. The second-order valence-electron chi connectivity index (χ2n) is 8.70. The summed E-state index contributed by atoms with van der Waals surface area (Å²) >= 11 is 0. The number of carbonyl (C=O) groups excluding carboxylic acids is 1. The van der Waals surface area contributed by atoms with Crippen molar-refractivity contribution in [1.82, 2.24) is 0 Å². The maximum Gasteiger partial charge on any atom is 0.227 e. The minimum absolute atomic E-state index is 0.102. The number of aromatic hydroxyl groups is 1. The third-order valence-electron chi connectivity index (χ3n) is 5.88. The van der Waals surface area contributed by atoms with Crippen molar-refractivity contribution in [2.45, 2.75) is 65.3 Å². The molecule has 176 valence electrons. The number of phenols is 1. The molecular weight excluding hydrogens is 418 g/mol. The molecule has 0 saturated heterocycles. The molecule has 3 aromatic carbocycles. The number of carbonyl (C=O) groups is 1. The topological polar surface area (TPSA) is 40.5 Å². The zero-order valence-electron chi connectivity index (χ0n) is 20.4. The second-order valence-corrected chi connectivity index (χ2v) is 8.70. The van der Waals surface area contributed by atoms with Gasteiger partial charge in [0.25, 0.3) is 0 Å².